The lowest BCUT2D eigenvalue weighted by molar-refractivity contribution is 0.559. The van der Waals surface area contributed by atoms with Crippen LogP contribution in [0.5, 0.6) is 0 Å². The molecular weight excluding hydrogens is 208 g/mol. The van der Waals surface area contributed by atoms with E-state index in [1.807, 2.05) is 12.3 Å². The lowest BCUT2D eigenvalue weighted by atomic mass is 10.00. The molecule has 1 aliphatic rings. The number of benzene rings is 1. The van der Waals surface area contributed by atoms with Crippen molar-refractivity contribution in [1.82, 2.24) is 4.98 Å². The van der Waals surface area contributed by atoms with Crippen molar-refractivity contribution in [3.8, 4) is 0 Å². The molecule has 0 saturated heterocycles. The molecule has 1 heterocycles. The molecule has 1 aromatic carbocycles. The number of nitrogens with two attached hydrogens (primary N) is 1. The number of hydrogen-bond donors (Lipinski definition) is 1. The molecule has 3 rings (SSSR count). The van der Waals surface area contributed by atoms with E-state index in [1.54, 1.807) is 0 Å². The van der Waals surface area contributed by atoms with Gasteiger partial charge in [0.05, 0.1) is 5.52 Å². The van der Waals surface area contributed by atoms with Gasteiger partial charge in [0, 0.05) is 11.6 Å². The predicted octanol–water partition coefficient (Wildman–Crippen LogP) is 2.93. The molecule has 0 unspecified atom stereocenters. The predicted molar refractivity (Wildman–Crippen MR) is 70.8 cm³/mol. The van der Waals surface area contributed by atoms with Crippen LogP contribution in [0.25, 0.3) is 10.9 Å². The third kappa shape index (κ3) is 1.48. The maximum absolute atomic E-state index is 5.87. The Kier molecular flexibility index (Phi) is 2.23. The molecular formula is C15H18N2. The van der Waals surface area contributed by atoms with Gasteiger partial charge in [0.2, 0.25) is 0 Å². The van der Waals surface area contributed by atoms with Crippen molar-refractivity contribution in [3.05, 3.63) is 42.1 Å². The topological polar surface area (TPSA) is 38.9 Å². The highest BCUT2D eigenvalue weighted by molar-refractivity contribution is 5.83. The molecule has 0 aliphatic heterocycles. The Labute approximate surface area is 102 Å². The van der Waals surface area contributed by atoms with Gasteiger partial charge >= 0.3 is 0 Å². The molecule has 2 aromatic rings. The van der Waals surface area contributed by atoms with Crippen LogP contribution in [0.3, 0.4) is 0 Å². The zero-order chi connectivity index (χ0) is 12.0. The standard InChI is InChI=1S/C15H18N2/c1-15(2)12(9-16)14(15)11-7-8-17-13-6-4-3-5-10(11)13/h3-8,12,14H,9,16H2,1-2H3/t12-,14-/m1/s1. The fraction of sp³-hybridized carbons (Fsp3) is 0.400. The van der Waals surface area contributed by atoms with Gasteiger partial charge in [-0.1, -0.05) is 32.0 Å². The van der Waals surface area contributed by atoms with Gasteiger partial charge in [0.1, 0.15) is 0 Å². The van der Waals surface area contributed by atoms with Crippen LogP contribution in [0.2, 0.25) is 0 Å². The van der Waals surface area contributed by atoms with Gasteiger partial charge in [-0.2, -0.15) is 0 Å². The summed E-state index contributed by atoms with van der Waals surface area (Å²) >= 11 is 0. The van der Waals surface area contributed by atoms with Crippen molar-refractivity contribution in [2.45, 2.75) is 19.8 Å². The van der Waals surface area contributed by atoms with Crippen LogP contribution in [-0.4, -0.2) is 11.5 Å². The minimum Gasteiger partial charge on any atom is -0.330 e. The van der Waals surface area contributed by atoms with Gasteiger partial charge in [-0.3, -0.25) is 4.98 Å². The van der Waals surface area contributed by atoms with E-state index < -0.39 is 0 Å². The Balaban J connectivity index is 2.14. The zero-order valence-corrected chi connectivity index (χ0v) is 10.4. The van der Waals surface area contributed by atoms with Gasteiger partial charge in [0.15, 0.2) is 0 Å². The molecule has 0 bridgehead atoms. The first-order chi connectivity index (χ1) is 8.16. The van der Waals surface area contributed by atoms with E-state index >= 15 is 0 Å². The van der Waals surface area contributed by atoms with E-state index in [0.717, 1.165) is 12.1 Å². The first kappa shape index (κ1) is 10.7. The van der Waals surface area contributed by atoms with Crippen molar-refractivity contribution >= 4 is 10.9 Å². The highest BCUT2D eigenvalue weighted by atomic mass is 14.7. The minimum atomic E-state index is 0.332. The Morgan fingerprint density at radius 2 is 2.00 bits per heavy atom. The van der Waals surface area contributed by atoms with Gasteiger partial charge in [-0.15, -0.1) is 0 Å². The van der Waals surface area contributed by atoms with Crippen molar-refractivity contribution < 1.29 is 0 Å². The first-order valence-corrected chi connectivity index (χ1v) is 6.20. The van der Waals surface area contributed by atoms with E-state index in [1.165, 1.54) is 10.9 Å². The van der Waals surface area contributed by atoms with Gasteiger partial charge in [-0.05, 0) is 41.5 Å². The SMILES string of the molecule is CC1(C)[C@H](CN)[C@H]1c1ccnc2ccccc12. The van der Waals surface area contributed by atoms with Crippen LogP contribution >= 0.6 is 0 Å². The van der Waals surface area contributed by atoms with Crippen LogP contribution in [-0.2, 0) is 0 Å². The van der Waals surface area contributed by atoms with E-state index in [0.29, 0.717) is 17.3 Å². The number of aromatic nitrogens is 1. The molecule has 2 atom stereocenters. The molecule has 2 nitrogen and oxygen atoms in total. The third-order valence-electron chi connectivity index (χ3n) is 4.32. The highest BCUT2D eigenvalue weighted by Crippen LogP contribution is 2.64. The molecule has 1 aliphatic carbocycles. The Morgan fingerprint density at radius 3 is 2.71 bits per heavy atom. The molecule has 0 spiro atoms. The molecule has 17 heavy (non-hydrogen) atoms. The second-order valence-corrected chi connectivity index (χ2v) is 5.56. The quantitative estimate of drug-likeness (QED) is 0.855. The molecule has 1 fully saturated rings. The smallest absolute Gasteiger partial charge is 0.0704 e. The highest BCUT2D eigenvalue weighted by Gasteiger charge is 2.57. The first-order valence-electron chi connectivity index (χ1n) is 6.20. The second kappa shape index (κ2) is 3.54. The van der Waals surface area contributed by atoms with Crippen molar-refractivity contribution in [2.24, 2.45) is 17.1 Å². The minimum absolute atomic E-state index is 0.332. The van der Waals surface area contributed by atoms with Crippen LogP contribution in [0, 0.1) is 11.3 Å². The number of pyridine rings is 1. The second-order valence-electron chi connectivity index (χ2n) is 5.56. The molecule has 0 radical (unpaired) electrons. The number of nitrogens with zero attached hydrogens (tertiary/aromatic N) is 1. The number of rotatable bonds is 2. The summed E-state index contributed by atoms with van der Waals surface area (Å²) in [6.45, 7) is 5.39. The number of fused-ring (bicyclic) bond motifs is 1. The summed E-state index contributed by atoms with van der Waals surface area (Å²) in [4.78, 5) is 4.42. The van der Waals surface area contributed by atoms with Gasteiger partial charge in [-0.25, -0.2) is 0 Å². The molecule has 2 heteroatoms. The van der Waals surface area contributed by atoms with E-state index in [4.69, 9.17) is 5.73 Å². The van der Waals surface area contributed by atoms with Crippen LogP contribution in [0.1, 0.15) is 25.3 Å². The van der Waals surface area contributed by atoms with E-state index in [-0.39, 0.29) is 0 Å². The average molecular weight is 226 g/mol. The summed E-state index contributed by atoms with van der Waals surface area (Å²) in [5.41, 5.74) is 8.70. The molecule has 2 N–H and O–H groups in total. The maximum Gasteiger partial charge on any atom is 0.0704 e. The molecule has 1 saturated carbocycles. The zero-order valence-electron chi connectivity index (χ0n) is 10.4. The molecule has 1 aromatic heterocycles. The van der Waals surface area contributed by atoms with Gasteiger partial charge in [0.25, 0.3) is 0 Å². The normalized spacial score (nSPS) is 26.1. The number of hydrogen-bond acceptors (Lipinski definition) is 2. The summed E-state index contributed by atoms with van der Waals surface area (Å²) < 4.78 is 0. The molecule has 88 valence electrons. The Morgan fingerprint density at radius 1 is 1.24 bits per heavy atom. The average Bonchev–Trinajstić information content (AvgIpc) is 2.90. The lowest BCUT2D eigenvalue weighted by Gasteiger charge is -2.07. The molecule has 0 amide bonds. The summed E-state index contributed by atoms with van der Waals surface area (Å²) in [7, 11) is 0. The monoisotopic (exact) mass is 226 g/mol. The Hall–Kier alpha value is -1.41. The third-order valence-corrected chi connectivity index (χ3v) is 4.32. The largest absolute Gasteiger partial charge is 0.330 e. The summed E-state index contributed by atoms with van der Waals surface area (Å²) in [5, 5.41) is 1.28. The fourth-order valence-corrected chi connectivity index (χ4v) is 3.19. The van der Waals surface area contributed by atoms with Crippen molar-refractivity contribution in [1.29, 1.82) is 0 Å². The maximum atomic E-state index is 5.87. The fourth-order valence-electron chi connectivity index (χ4n) is 3.19. The van der Waals surface area contributed by atoms with Crippen molar-refractivity contribution in [3.63, 3.8) is 0 Å². The number of para-hydroxylation sites is 1. The van der Waals surface area contributed by atoms with Gasteiger partial charge < -0.3 is 5.73 Å². The van der Waals surface area contributed by atoms with Crippen LogP contribution in [0.15, 0.2) is 36.5 Å². The summed E-state index contributed by atoms with van der Waals surface area (Å²) in [6.07, 6.45) is 1.92. The Bertz CT molecular complexity index is 554. The van der Waals surface area contributed by atoms with E-state index in [9.17, 15) is 0 Å². The van der Waals surface area contributed by atoms with E-state index in [2.05, 4.69) is 43.1 Å². The summed E-state index contributed by atoms with van der Waals surface area (Å²) in [6, 6.07) is 10.5. The van der Waals surface area contributed by atoms with Crippen molar-refractivity contribution in [2.75, 3.05) is 6.54 Å². The van der Waals surface area contributed by atoms with Crippen LogP contribution in [0.4, 0.5) is 0 Å². The lowest BCUT2D eigenvalue weighted by Crippen LogP contribution is -2.05. The summed E-state index contributed by atoms with van der Waals surface area (Å²) in [5.74, 6) is 1.19. The van der Waals surface area contributed by atoms with Crippen LogP contribution < -0.4 is 5.73 Å².